The molecule has 4 heterocycles. The SMILES string of the molecule is CC(C)=CCN1C(=O)[C@H]2CC[C@@H]1CN(CC(=O)Nc1ccn(C)n1)C2. The standard InChI is InChI=1S/C18H27N5O2/c1-13(2)6-9-23-15-5-4-14(18(23)25)10-22(11-15)12-17(24)19-16-7-8-21(3)20-16/h6-8,14-15H,4-5,9-12H2,1-3H3,(H,19,20,24)/t14-,15+/m0/s1. The number of nitrogens with zero attached hydrogens (tertiary/aromatic N) is 4. The molecule has 3 aliphatic heterocycles. The molecule has 0 radical (unpaired) electrons. The maximum Gasteiger partial charge on any atom is 0.239 e. The molecule has 0 aliphatic carbocycles. The quantitative estimate of drug-likeness (QED) is 0.816. The summed E-state index contributed by atoms with van der Waals surface area (Å²) in [6.07, 6.45) is 5.84. The lowest BCUT2D eigenvalue weighted by atomic mass is 9.94. The number of hydrogen-bond acceptors (Lipinski definition) is 4. The first-order valence-electron chi connectivity index (χ1n) is 8.88. The zero-order valence-corrected chi connectivity index (χ0v) is 15.2. The lowest BCUT2D eigenvalue weighted by Crippen LogP contribution is -2.48. The molecule has 1 aromatic heterocycles. The number of fused-ring (bicyclic) bond motifs is 4. The van der Waals surface area contributed by atoms with Gasteiger partial charge in [0.25, 0.3) is 0 Å². The minimum absolute atomic E-state index is 0.00645. The first kappa shape index (κ1) is 17.7. The highest BCUT2D eigenvalue weighted by atomic mass is 16.2. The zero-order valence-electron chi connectivity index (χ0n) is 15.2. The minimum atomic E-state index is -0.0803. The van der Waals surface area contributed by atoms with Gasteiger partial charge in [-0.3, -0.25) is 19.2 Å². The summed E-state index contributed by atoms with van der Waals surface area (Å²) in [5, 5.41) is 6.99. The highest BCUT2D eigenvalue weighted by Crippen LogP contribution is 2.29. The Morgan fingerprint density at radius 1 is 1.36 bits per heavy atom. The first-order valence-corrected chi connectivity index (χ1v) is 8.88. The summed E-state index contributed by atoms with van der Waals surface area (Å²) in [6.45, 7) is 6.50. The highest BCUT2D eigenvalue weighted by Gasteiger charge is 2.40. The molecule has 2 atom stereocenters. The van der Waals surface area contributed by atoms with E-state index in [1.54, 1.807) is 16.9 Å². The molecule has 136 valence electrons. The van der Waals surface area contributed by atoms with Crippen LogP contribution in [0.1, 0.15) is 26.7 Å². The van der Waals surface area contributed by atoms with Gasteiger partial charge in [0.2, 0.25) is 11.8 Å². The fourth-order valence-corrected chi connectivity index (χ4v) is 3.65. The van der Waals surface area contributed by atoms with Crippen molar-refractivity contribution in [1.29, 1.82) is 0 Å². The number of anilines is 1. The second-order valence-electron chi connectivity index (χ2n) is 7.32. The van der Waals surface area contributed by atoms with Crippen LogP contribution in [0.2, 0.25) is 0 Å². The number of aromatic nitrogens is 2. The van der Waals surface area contributed by atoms with Crippen molar-refractivity contribution in [2.45, 2.75) is 32.7 Å². The van der Waals surface area contributed by atoms with Crippen molar-refractivity contribution in [1.82, 2.24) is 19.6 Å². The lowest BCUT2D eigenvalue weighted by molar-refractivity contribution is -0.139. The Morgan fingerprint density at radius 2 is 2.16 bits per heavy atom. The summed E-state index contributed by atoms with van der Waals surface area (Å²) < 4.78 is 1.65. The molecule has 1 aromatic rings. The fourth-order valence-electron chi connectivity index (χ4n) is 3.65. The largest absolute Gasteiger partial charge is 0.334 e. The molecule has 3 fully saturated rings. The van der Waals surface area contributed by atoms with Crippen LogP contribution in [-0.2, 0) is 16.6 Å². The summed E-state index contributed by atoms with van der Waals surface area (Å²) in [6, 6.07) is 1.97. The number of allylic oxidation sites excluding steroid dienone is 1. The molecular formula is C18H27N5O2. The normalized spacial score (nSPS) is 23.5. The van der Waals surface area contributed by atoms with Gasteiger partial charge in [-0.15, -0.1) is 0 Å². The van der Waals surface area contributed by atoms with Crippen molar-refractivity contribution in [2.24, 2.45) is 13.0 Å². The summed E-state index contributed by atoms with van der Waals surface area (Å²) in [5.41, 5.74) is 1.22. The Hall–Kier alpha value is -2.15. The predicted octanol–water partition coefficient (Wildman–Crippen LogP) is 1.25. The second-order valence-corrected chi connectivity index (χ2v) is 7.32. The first-order chi connectivity index (χ1) is 11.9. The van der Waals surface area contributed by atoms with Gasteiger partial charge in [0, 0.05) is 45.0 Å². The maximum absolute atomic E-state index is 12.7. The summed E-state index contributed by atoms with van der Waals surface area (Å²) in [7, 11) is 1.81. The van der Waals surface area contributed by atoms with E-state index >= 15 is 0 Å². The van der Waals surface area contributed by atoms with Crippen LogP contribution in [0.15, 0.2) is 23.9 Å². The Balaban J connectivity index is 1.62. The predicted molar refractivity (Wildman–Crippen MR) is 95.9 cm³/mol. The van der Waals surface area contributed by atoms with Crippen LogP contribution in [0.3, 0.4) is 0 Å². The van der Waals surface area contributed by atoms with Crippen LogP contribution in [0.4, 0.5) is 5.82 Å². The summed E-state index contributed by atoms with van der Waals surface area (Å²) >= 11 is 0. The Morgan fingerprint density at radius 3 is 2.84 bits per heavy atom. The van der Waals surface area contributed by atoms with Gasteiger partial charge in [-0.05, 0) is 26.7 Å². The van der Waals surface area contributed by atoms with E-state index in [-0.39, 0.29) is 23.8 Å². The summed E-state index contributed by atoms with van der Waals surface area (Å²) in [5.74, 6) is 0.725. The number of carbonyl (C=O) groups excluding carboxylic acids is 2. The molecule has 7 heteroatoms. The average Bonchev–Trinajstić information content (AvgIpc) is 2.77. The van der Waals surface area contributed by atoms with Crippen LogP contribution in [0, 0.1) is 5.92 Å². The molecule has 3 saturated heterocycles. The van der Waals surface area contributed by atoms with Crippen molar-refractivity contribution in [3.8, 4) is 0 Å². The van der Waals surface area contributed by atoms with Gasteiger partial charge in [-0.1, -0.05) is 11.6 Å². The number of nitrogens with one attached hydrogen (secondary N) is 1. The number of hydrogen-bond donors (Lipinski definition) is 1. The van der Waals surface area contributed by atoms with E-state index in [0.717, 1.165) is 19.4 Å². The lowest BCUT2D eigenvalue weighted by Gasteiger charge is -2.35. The van der Waals surface area contributed by atoms with Crippen LogP contribution >= 0.6 is 0 Å². The Bertz CT molecular complexity index is 677. The van der Waals surface area contributed by atoms with E-state index in [0.29, 0.717) is 25.5 Å². The van der Waals surface area contributed by atoms with E-state index in [1.165, 1.54) is 5.57 Å². The molecule has 2 bridgehead atoms. The molecule has 4 rings (SSSR count). The second kappa shape index (κ2) is 7.39. The molecule has 2 amide bonds. The smallest absolute Gasteiger partial charge is 0.239 e. The maximum atomic E-state index is 12.7. The van der Waals surface area contributed by atoms with E-state index in [9.17, 15) is 9.59 Å². The van der Waals surface area contributed by atoms with Crippen LogP contribution in [0.25, 0.3) is 0 Å². The topological polar surface area (TPSA) is 70.5 Å². The molecule has 0 aromatic carbocycles. The number of piperidine rings is 1. The van der Waals surface area contributed by atoms with Crippen molar-refractivity contribution in [2.75, 3.05) is 31.5 Å². The van der Waals surface area contributed by atoms with Gasteiger partial charge >= 0.3 is 0 Å². The highest BCUT2D eigenvalue weighted by molar-refractivity contribution is 5.91. The zero-order chi connectivity index (χ0) is 18.0. The van der Waals surface area contributed by atoms with Gasteiger partial charge in [0.1, 0.15) is 0 Å². The van der Waals surface area contributed by atoms with Crippen LogP contribution < -0.4 is 5.32 Å². The van der Waals surface area contributed by atoms with E-state index in [1.807, 2.05) is 11.9 Å². The number of rotatable bonds is 5. The van der Waals surface area contributed by atoms with Gasteiger partial charge in [0.15, 0.2) is 5.82 Å². The summed E-state index contributed by atoms with van der Waals surface area (Å²) in [4.78, 5) is 29.1. The molecule has 0 saturated carbocycles. The van der Waals surface area contributed by atoms with Crippen LogP contribution in [-0.4, -0.2) is 63.6 Å². The van der Waals surface area contributed by atoms with Gasteiger partial charge in [-0.25, -0.2) is 0 Å². The molecule has 25 heavy (non-hydrogen) atoms. The third-order valence-electron chi connectivity index (χ3n) is 4.91. The van der Waals surface area contributed by atoms with E-state index < -0.39 is 0 Å². The fraction of sp³-hybridized carbons (Fsp3) is 0.611. The minimum Gasteiger partial charge on any atom is -0.334 e. The molecular weight excluding hydrogens is 318 g/mol. The molecule has 0 spiro atoms. The Labute approximate surface area is 148 Å². The molecule has 1 N–H and O–H groups in total. The third-order valence-corrected chi connectivity index (χ3v) is 4.91. The van der Waals surface area contributed by atoms with Crippen molar-refractivity contribution in [3.63, 3.8) is 0 Å². The molecule has 3 aliphatic rings. The van der Waals surface area contributed by atoms with Gasteiger partial charge in [0.05, 0.1) is 12.5 Å². The number of aryl methyl sites for hydroxylation is 1. The van der Waals surface area contributed by atoms with Crippen molar-refractivity contribution < 1.29 is 9.59 Å². The third kappa shape index (κ3) is 4.28. The Kier molecular flexibility index (Phi) is 5.22. The monoisotopic (exact) mass is 345 g/mol. The van der Waals surface area contributed by atoms with E-state index in [4.69, 9.17) is 0 Å². The molecule has 7 nitrogen and oxygen atoms in total. The van der Waals surface area contributed by atoms with Gasteiger partial charge < -0.3 is 10.2 Å². The molecule has 0 unspecified atom stereocenters. The average molecular weight is 345 g/mol. The van der Waals surface area contributed by atoms with Crippen molar-refractivity contribution >= 4 is 17.6 Å². The van der Waals surface area contributed by atoms with Crippen LogP contribution in [0.5, 0.6) is 0 Å². The van der Waals surface area contributed by atoms with Gasteiger partial charge in [-0.2, -0.15) is 5.10 Å². The van der Waals surface area contributed by atoms with Crippen molar-refractivity contribution in [3.05, 3.63) is 23.9 Å². The number of carbonyl (C=O) groups is 2. The number of amides is 2. The van der Waals surface area contributed by atoms with E-state index in [2.05, 4.69) is 35.2 Å².